The molecule has 0 spiro atoms. The van der Waals surface area contributed by atoms with E-state index in [1.54, 1.807) is 6.07 Å². The van der Waals surface area contributed by atoms with E-state index in [0.717, 1.165) is 24.7 Å². The summed E-state index contributed by atoms with van der Waals surface area (Å²) in [6, 6.07) is 2.73. The first kappa shape index (κ1) is 15.3. The molecular formula is C13H16F3N5. The SMILES string of the molecule is CCCNc1cc(C)nc(Cn2ccc(C(F)(F)F)n2)n1. The predicted octanol–water partition coefficient (Wildman–Crippen LogP) is 2.87. The molecule has 0 unspecified atom stereocenters. The lowest BCUT2D eigenvalue weighted by molar-refractivity contribution is -0.141. The highest BCUT2D eigenvalue weighted by atomic mass is 19.4. The average Bonchev–Trinajstić information content (AvgIpc) is 2.84. The van der Waals surface area contributed by atoms with Gasteiger partial charge in [0.2, 0.25) is 0 Å². The number of halogens is 3. The summed E-state index contributed by atoms with van der Waals surface area (Å²) < 4.78 is 38.7. The molecular weight excluding hydrogens is 283 g/mol. The van der Waals surface area contributed by atoms with Gasteiger partial charge < -0.3 is 5.32 Å². The highest BCUT2D eigenvalue weighted by Gasteiger charge is 2.33. The van der Waals surface area contributed by atoms with Crippen LogP contribution in [0.3, 0.4) is 0 Å². The Balaban J connectivity index is 2.15. The van der Waals surface area contributed by atoms with Crippen LogP contribution in [-0.4, -0.2) is 26.3 Å². The molecule has 2 aromatic heterocycles. The van der Waals surface area contributed by atoms with Crippen molar-refractivity contribution in [1.29, 1.82) is 0 Å². The van der Waals surface area contributed by atoms with Crippen LogP contribution in [0.2, 0.25) is 0 Å². The van der Waals surface area contributed by atoms with Crippen molar-refractivity contribution in [1.82, 2.24) is 19.7 Å². The summed E-state index contributed by atoms with van der Waals surface area (Å²) in [7, 11) is 0. The Morgan fingerprint density at radius 2 is 2.05 bits per heavy atom. The molecule has 0 saturated carbocycles. The maximum Gasteiger partial charge on any atom is 0.435 e. The van der Waals surface area contributed by atoms with Crippen LogP contribution in [0.25, 0.3) is 0 Å². The monoisotopic (exact) mass is 299 g/mol. The normalized spacial score (nSPS) is 11.7. The highest BCUT2D eigenvalue weighted by molar-refractivity contribution is 5.35. The van der Waals surface area contributed by atoms with E-state index in [1.807, 2.05) is 13.8 Å². The van der Waals surface area contributed by atoms with Gasteiger partial charge in [-0.1, -0.05) is 6.92 Å². The molecule has 0 amide bonds. The maximum atomic E-state index is 12.5. The van der Waals surface area contributed by atoms with Crippen LogP contribution in [0, 0.1) is 6.92 Å². The third kappa shape index (κ3) is 4.17. The standard InChI is InChI=1S/C13H16F3N5/c1-3-5-17-11-7-9(2)18-12(19-11)8-21-6-4-10(20-21)13(14,15)16/h4,6-7H,3,5,8H2,1-2H3,(H,17,18,19). The smallest absolute Gasteiger partial charge is 0.370 e. The number of alkyl halides is 3. The lowest BCUT2D eigenvalue weighted by Crippen LogP contribution is -2.11. The van der Waals surface area contributed by atoms with Gasteiger partial charge in [0, 0.05) is 24.5 Å². The zero-order chi connectivity index (χ0) is 15.5. The number of hydrogen-bond donors (Lipinski definition) is 1. The van der Waals surface area contributed by atoms with Crippen LogP contribution in [0.15, 0.2) is 18.3 Å². The van der Waals surface area contributed by atoms with E-state index >= 15 is 0 Å². The van der Waals surface area contributed by atoms with Crippen LogP contribution in [-0.2, 0) is 12.7 Å². The number of nitrogens with zero attached hydrogens (tertiary/aromatic N) is 4. The minimum atomic E-state index is -4.44. The molecule has 0 aromatic carbocycles. The van der Waals surface area contributed by atoms with Crippen LogP contribution in [0.4, 0.5) is 19.0 Å². The molecule has 0 fully saturated rings. The Morgan fingerprint density at radius 1 is 1.29 bits per heavy atom. The number of rotatable bonds is 5. The van der Waals surface area contributed by atoms with Crippen molar-refractivity contribution in [3.63, 3.8) is 0 Å². The summed E-state index contributed by atoms with van der Waals surface area (Å²) in [6.45, 7) is 4.71. The van der Waals surface area contributed by atoms with Crippen LogP contribution < -0.4 is 5.32 Å². The van der Waals surface area contributed by atoms with Crippen LogP contribution in [0.5, 0.6) is 0 Å². The minimum Gasteiger partial charge on any atom is -0.370 e. The summed E-state index contributed by atoms with van der Waals surface area (Å²) in [5, 5.41) is 6.62. The molecule has 0 saturated heterocycles. The molecule has 2 aromatic rings. The summed E-state index contributed by atoms with van der Waals surface area (Å²) in [5.74, 6) is 1.09. The summed E-state index contributed by atoms with van der Waals surface area (Å²) in [6.07, 6.45) is -2.22. The first-order chi connectivity index (χ1) is 9.88. The van der Waals surface area contributed by atoms with E-state index < -0.39 is 11.9 Å². The van der Waals surface area contributed by atoms with E-state index in [9.17, 15) is 13.2 Å². The van der Waals surface area contributed by atoms with Gasteiger partial charge in [0.25, 0.3) is 0 Å². The molecule has 0 aliphatic carbocycles. The van der Waals surface area contributed by atoms with Gasteiger partial charge in [0.05, 0.1) is 0 Å². The van der Waals surface area contributed by atoms with Crippen LogP contribution >= 0.6 is 0 Å². The largest absolute Gasteiger partial charge is 0.435 e. The first-order valence-electron chi connectivity index (χ1n) is 6.57. The third-order valence-electron chi connectivity index (χ3n) is 2.69. The van der Waals surface area contributed by atoms with E-state index in [0.29, 0.717) is 11.6 Å². The summed E-state index contributed by atoms with van der Waals surface area (Å²) in [4.78, 5) is 8.49. The van der Waals surface area contributed by atoms with E-state index in [-0.39, 0.29) is 6.54 Å². The van der Waals surface area contributed by atoms with Gasteiger partial charge in [0.15, 0.2) is 11.5 Å². The van der Waals surface area contributed by atoms with Crippen molar-refractivity contribution in [2.75, 3.05) is 11.9 Å². The minimum absolute atomic E-state index is 0.0958. The molecule has 8 heteroatoms. The fraction of sp³-hybridized carbons (Fsp3) is 0.462. The first-order valence-corrected chi connectivity index (χ1v) is 6.57. The number of hydrogen-bond acceptors (Lipinski definition) is 4. The number of aryl methyl sites for hydroxylation is 1. The van der Waals surface area contributed by atoms with Gasteiger partial charge >= 0.3 is 6.18 Å². The van der Waals surface area contributed by atoms with Gasteiger partial charge in [-0.25, -0.2) is 9.97 Å². The molecule has 2 rings (SSSR count). The zero-order valence-corrected chi connectivity index (χ0v) is 11.8. The summed E-state index contributed by atoms with van der Waals surface area (Å²) in [5.41, 5.74) is -0.165. The molecule has 21 heavy (non-hydrogen) atoms. The van der Waals surface area contributed by atoms with Crippen molar-refractivity contribution in [2.45, 2.75) is 33.0 Å². The van der Waals surface area contributed by atoms with E-state index in [2.05, 4.69) is 20.4 Å². The molecule has 114 valence electrons. The second-order valence-corrected chi connectivity index (χ2v) is 4.63. The van der Waals surface area contributed by atoms with E-state index in [1.165, 1.54) is 10.9 Å². The molecule has 1 N–H and O–H groups in total. The lowest BCUT2D eigenvalue weighted by Gasteiger charge is -2.08. The molecule has 5 nitrogen and oxygen atoms in total. The fourth-order valence-electron chi connectivity index (χ4n) is 1.79. The second-order valence-electron chi connectivity index (χ2n) is 4.63. The highest BCUT2D eigenvalue weighted by Crippen LogP contribution is 2.27. The van der Waals surface area contributed by atoms with Crippen molar-refractivity contribution in [2.24, 2.45) is 0 Å². The Kier molecular flexibility index (Phi) is 4.44. The van der Waals surface area contributed by atoms with Gasteiger partial charge in [-0.15, -0.1) is 0 Å². The molecule has 0 aliphatic heterocycles. The van der Waals surface area contributed by atoms with E-state index in [4.69, 9.17) is 0 Å². The molecule has 0 bridgehead atoms. The fourth-order valence-corrected chi connectivity index (χ4v) is 1.79. The predicted molar refractivity (Wildman–Crippen MR) is 71.9 cm³/mol. The third-order valence-corrected chi connectivity index (χ3v) is 2.69. The van der Waals surface area contributed by atoms with Gasteiger partial charge in [0.1, 0.15) is 12.4 Å². The second kappa shape index (κ2) is 6.11. The van der Waals surface area contributed by atoms with Crippen LogP contribution in [0.1, 0.15) is 30.6 Å². The average molecular weight is 299 g/mol. The molecule has 0 radical (unpaired) electrons. The lowest BCUT2D eigenvalue weighted by atomic mass is 10.4. The Morgan fingerprint density at radius 3 is 2.67 bits per heavy atom. The topological polar surface area (TPSA) is 55.6 Å². The quantitative estimate of drug-likeness (QED) is 0.922. The maximum absolute atomic E-state index is 12.5. The summed E-state index contributed by atoms with van der Waals surface area (Å²) >= 11 is 0. The van der Waals surface area contributed by atoms with Gasteiger partial charge in [-0.3, -0.25) is 4.68 Å². The zero-order valence-electron chi connectivity index (χ0n) is 11.8. The van der Waals surface area contributed by atoms with Crippen molar-refractivity contribution >= 4 is 5.82 Å². The Hall–Kier alpha value is -2.12. The van der Waals surface area contributed by atoms with Crippen molar-refractivity contribution in [3.8, 4) is 0 Å². The number of aromatic nitrogens is 4. The Bertz CT molecular complexity index is 606. The molecule has 2 heterocycles. The van der Waals surface area contributed by atoms with Crippen molar-refractivity contribution in [3.05, 3.63) is 35.5 Å². The molecule has 0 aliphatic rings. The molecule has 0 atom stereocenters. The van der Waals surface area contributed by atoms with Crippen molar-refractivity contribution < 1.29 is 13.2 Å². The van der Waals surface area contributed by atoms with Gasteiger partial charge in [-0.2, -0.15) is 18.3 Å². The number of nitrogens with one attached hydrogen (secondary N) is 1. The Labute approximate surface area is 120 Å². The number of anilines is 1. The van der Waals surface area contributed by atoms with Gasteiger partial charge in [-0.05, 0) is 19.4 Å².